The van der Waals surface area contributed by atoms with Gasteiger partial charge in [-0.1, -0.05) is 87.4 Å². The number of sulfonamides is 1. The normalized spacial score (nSPS) is 11.9. The van der Waals surface area contributed by atoms with Gasteiger partial charge in [0.1, 0.15) is 11.4 Å². The summed E-state index contributed by atoms with van der Waals surface area (Å²) in [4.78, 5) is -0.0159. The number of rotatable bonds is 11. The Kier molecular flexibility index (Phi) is 8.77. The molecule has 0 fully saturated rings. The maximum atomic E-state index is 14.4. The number of nitrogens with zero attached hydrogens (tertiary/aromatic N) is 5. The molecule has 4 aromatic carbocycles. The molecule has 5 aromatic rings. The van der Waals surface area contributed by atoms with E-state index in [4.69, 9.17) is 0 Å². The number of phenols is 1. The number of aromatic hydroxyl groups is 2. The first-order chi connectivity index (χ1) is 20.8. The Bertz CT molecular complexity index is 1880. The van der Waals surface area contributed by atoms with Crippen molar-refractivity contribution in [3.8, 4) is 17.3 Å². The van der Waals surface area contributed by atoms with Crippen LogP contribution in [0.1, 0.15) is 44.4 Å². The molecule has 1 heterocycles. The SMILES string of the molecule is CCCCN(c1ccccc1CCC)S(=O)(=O)c1cc(O)c(/N=N/c2c(C)nn(-c3ccccc3)c2O)c2ccccc12. The van der Waals surface area contributed by atoms with E-state index in [9.17, 15) is 18.6 Å². The standard InChI is InChI=1S/C33H35N5O4S/c1-4-6-21-37(28-20-13-10-15-24(28)14-5-2)43(41,42)30-22-29(39)32(27-19-12-11-18-26(27)30)35-34-31-23(3)36-38(33(31)40)25-16-8-7-9-17-25/h7-13,15-20,22,39-40H,4-6,14,21H2,1-3H3/b35-34+. The molecular weight excluding hydrogens is 562 g/mol. The Labute approximate surface area is 251 Å². The number of unbranched alkanes of at least 4 members (excludes halogenated alkanes) is 1. The van der Waals surface area contributed by atoms with Crippen LogP contribution in [-0.4, -0.2) is 35.0 Å². The third-order valence-electron chi connectivity index (χ3n) is 7.28. The van der Waals surface area contributed by atoms with Crippen LogP contribution in [0.15, 0.2) is 100 Å². The number of fused-ring (bicyclic) bond motifs is 1. The number of hydrogen-bond acceptors (Lipinski definition) is 7. The van der Waals surface area contributed by atoms with Gasteiger partial charge in [-0.05, 0) is 43.5 Å². The number of azo groups is 1. The van der Waals surface area contributed by atoms with E-state index in [1.54, 1.807) is 43.3 Å². The van der Waals surface area contributed by atoms with Crippen molar-refractivity contribution in [1.82, 2.24) is 9.78 Å². The lowest BCUT2D eigenvalue weighted by Gasteiger charge is -2.27. The van der Waals surface area contributed by atoms with Crippen LogP contribution in [0.5, 0.6) is 11.6 Å². The van der Waals surface area contributed by atoms with Crippen molar-refractivity contribution in [2.75, 3.05) is 10.8 Å². The molecule has 0 amide bonds. The van der Waals surface area contributed by atoms with Gasteiger partial charge in [0.05, 0.1) is 22.0 Å². The zero-order valence-electron chi connectivity index (χ0n) is 24.5. The fourth-order valence-corrected chi connectivity index (χ4v) is 6.89. The summed E-state index contributed by atoms with van der Waals surface area (Å²) in [6.45, 7) is 6.09. The quantitative estimate of drug-likeness (QED) is 0.149. The van der Waals surface area contributed by atoms with Crippen LogP contribution in [-0.2, 0) is 16.4 Å². The fourth-order valence-electron chi connectivity index (χ4n) is 5.13. The number of hydrogen-bond donors (Lipinski definition) is 2. The van der Waals surface area contributed by atoms with Crippen LogP contribution in [0.4, 0.5) is 17.1 Å². The summed E-state index contributed by atoms with van der Waals surface area (Å²) in [7, 11) is -4.09. The van der Waals surface area contributed by atoms with Crippen molar-refractivity contribution in [2.24, 2.45) is 10.2 Å². The molecule has 0 radical (unpaired) electrons. The zero-order chi connectivity index (χ0) is 30.6. The van der Waals surface area contributed by atoms with Gasteiger partial charge in [0, 0.05) is 23.4 Å². The number of aromatic nitrogens is 2. The molecule has 0 aliphatic rings. The lowest BCUT2D eigenvalue weighted by atomic mass is 10.1. The third-order valence-corrected chi connectivity index (χ3v) is 9.13. The summed E-state index contributed by atoms with van der Waals surface area (Å²) in [6.07, 6.45) is 3.12. The maximum Gasteiger partial charge on any atom is 0.265 e. The predicted molar refractivity (Wildman–Crippen MR) is 170 cm³/mol. The molecule has 0 saturated carbocycles. The van der Waals surface area contributed by atoms with E-state index < -0.39 is 10.0 Å². The second kappa shape index (κ2) is 12.7. The van der Waals surface area contributed by atoms with Gasteiger partial charge < -0.3 is 10.2 Å². The average Bonchev–Trinajstić information content (AvgIpc) is 3.30. The van der Waals surface area contributed by atoms with Crippen molar-refractivity contribution in [1.29, 1.82) is 0 Å². The van der Waals surface area contributed by atoms with Gasteiger partial charge >= 0.3 is 0 Å². The molecule has 0 aliphatic heterocycles. The topological polar surface area (TPSA) is 120 Å². The number of benzene rings is 4. The lowest BCUT2D eigenvalue weighted by Crippen LogP contribution is -2.33. The minimum Gasteiger partial charge on any atom is -0.506 e. The van der Waals surface area contributed by atoms with Crippen molar-refractivity contribution >= 4 is 37.9 Å². The molecule has 0 spiro atoms. The van der Waals surface area contributed by atoms with Gasteiger partial charge in [0.25, 0.3) is 10.0 Å². The Hall–Kier alpha value is -4.70. The maximum absolute atomic E-state index is 14.4. The van der Waals surface area contributed by atoms with Gasteiger partial charge in [-0.3, -0.25) is 4.31 Å². The van der Waals surface area contributed by atoms with Gasteiger partial charge in [-0.2, -0.15) is 9.78 Å². The smallest absolute Gasteiger partial charge is 0.265 e. The fraction of sp³-hybridized carbons (Fsp3) is 0.242. The first kappa shape index (κ1) is 29.8. The van der Waals surface area contributed by atoms with Gasteiger partial charge in [-0.15, -0.1) is 10.2 Å². The lowest BCUT2D eigenvalue weighted by molar-refractivity contribution is 0.434. The molecule has 9 nitrogen and oxygen atoms in total. The van der Waals surface area contributed by atoms with E-state index >= 15 is 0 Å². The molecule has 10 heteroatoms. The van der Waals surface area contributed by atoms with E-state index in [2.05, 4.69) is 22.3 Å². The Morgan fingerprint density at radius 3 is 2.21 bits per heavy atom. The van der Waals surface area contributed by atoms with Crippen molar-refractivity contribution in [3.63, 3.8) is 0 Å². The Morgan fingerprint density at radius 2 is 1.49 bits per heavy atom. The van der Waals surface area contributed by atoms with Crippen LogP contribution in [0.2, 0.25) is 0 Å². The van der Waals surface area contributed by atoms with Crippen molar-refractivity contribution in [3.05, 3.63) is 96.2 Å². The van der Waals surface area contributed by atoms with Crippen LogP contribution < -0.4 is 4.31 Å². The van der Waals surface area contributed by atoms with Crippen LogP contribution in [0, 0.1) is 6.92 Å². The molecule has 222 valence electrons. The van der Waals surface area contributed by atoms with E-state index in [0.29, 0.717) is 40.8 Å². The second-order valence-electron chi connectivity index (χ2n) is 10.3. The third kappa shape index (κ3) is 5.83. The van der Waals surface area contributed by atoms with Crippen LogP contribution >= 0.6 is 0 Å². The van der Waals surface area contributed by atoms with Crippen molar-refractivity contribution < 1.29 is 18.6 Å². The minimum absolute atomic E-state index is 0.0159. The summed E-state index contributed by atoms with van der Waals surface area (Å²) < 4.78 is 31.6. The summed E-state index contributed by atoms with van der Waals surface area (Å²) in [5, 5.41) is 35.8. The highest BCUT2D eigenvalue weighted by Gasteiger charge is 2.30. The zero-order valence-corrected chi connectivity index (χ0v) is 25.3. The van der Waals surface area contributed by atoms with Crippen LogP contribution in [0.3, 0.4) is 0 Å². The monoisotopic (exact) mass is 597 g/mol. The van der Waals surface area contributed by atoms with E-state index in [0.717, 1.165) is 24.8 Å². The van der Waals surface area contributed by atoms with Gasteiger partial charge in [-0.25, -0.2) is 8.42 Å². The predicted octanol–water partition coefficient (Wildman–Crippen LogP) is 8.11. The summed E-state index contributed by atoms with van der Waals surface area (Å²) in [5.41, 5.74) is 2.92. The van der Waals surface area contributed by atoms with E-state index in [1.165, 1.54) is 15.1 Å². The number of aryl methyl sites for hydroxylation is 2. The molecule has 2 N–H and O–H groups in total. The summed E-state index contributed by atoms with van der Waals surface area (Å²) in [6, 6.07) is 24.8. The molecule has 5 rings (SSSR count). The summed E-state index contributed by atoms with van der Waals surface area (Å²) >= 11 is 0. The number of phenolic OH excluding ortho intramolecular Hbond substituents is 1. The molecule has 0 unspecified atom stereocenters. The molecule has 43 heavy (non-hydrogen) atoms. The molecule has 0 bridgehead atoms. The highest BCUT2D eigenvalue weighted by Crippen LogP contribution is 2.43. The van der Waals surface area contributed by atoms with E-state index in [1.807, 2.05) is 49.4 Å². The van der Waals surface area contributed by atoms with Gasteiger partial charge in [0.15, 0.2) is 5.69 Å². The molecule has 0 atom stereocenters. The molecule has 1 aromatic heterocycles. The molecule has 0 saturated heterocycles. The Balaban J connectivity index is 1.62. The number of para-hydroxylation sites is 2. The average molecular weight is 598 g/mol. The summed E-state index contributed by atoms with van der Waals surface area (Å²) in [5.74, 6) is -0.543. The first-order valence-corrected chi connectivity index (χ1v) is 15.8. The molecule has 0 aliphatic carbocycles. The highest BCUT2D eigenvalue weighted by molar-refractivity contribution is 7.93. The number of anilines is 1. The Morgan fingerprint density at radius 1 is 0.837 bits per heavy atom. The molecular formula is C33H35N5O4S. The minimum atomic E-state index is -4.09. The largest absolute Gasteiger partial charge is 0.506 e. The second-order valence-corrected chi connectivity index (χ2v) is 12.1. The van der Waals surface area contributed by atoms with Gasteiger partial charge in [0.2, 0.25) is 5.88 Å². The van der Waals surface area contributed by atoms with E-state index in [-0.39, 0.29) is 27.9 Å². The first-order valence-electron chi connectivity index (χ1n) is 14.4. The highest BCUT2D eigenvalue weighted by atomic mass is 32.2. The van der Waals surface area contributed by atoms with Crippen LogP contribution in [0.25, 0.3) is 16.5 Å². The van der Waals surface area contributed by atoms with Crippen molar-refractivity contribution in [2.45, 2.75) is 51.3 Å².